The lowest BCUT2D eigenvalue weighted by Gasteiger charge is -2.28. The molecule has 2 aromatic rings. The van der Waals surface area contributed by atoms with Gasteiger partial charge in [-0.3, -0.25) is 10.1 Å². The Morgan fingerprint density at radius 3 is 2.33 bits per heavy atom. The summed E-state index contributed by atoms with van der Waals surface area (Å²) >= 11 is 12.2. The molecule has 0 fully saturated rings. The van der Waals surface area contributed by atoms with Crippen LogP contribution in [0.15, 0.2) is 30.3 Å². The smallest absolute Gasteiger partial charge is 0.238 e. The molecule has 0 radical (unpaired) electrons. The summed E-state index contributed by atoms with van der Waals surface area (Å²) in [6, 6.07) is 7.31. The first-order valence-electron chi connectivity index (χ1n) is 8.10. The Kier molecular flexibility index (Phi) is 6.92. The Labute approximate surface area is 167 Å². The van der Waals surface area contributed by atoms with Gasteiger partial charge in [-0.05, 0) is 31.5 Å². The van der Waals surface area contributed by atoms with Crippen molar-refractivity contribution in [2.75, 3.05) is 26.1 Å². The fraction of sp³-hybridized carbons (Fsp3) is 0.316. The minimum atomic E-state index is -0.649. The summed E-state index contributed by atoms with van der Waals surface area (Å²) in [6.07, 6.45) is 0. The van der Waals surface area contributed by atoms with E-state index in [1.54, 1.807) is 18.2 Å². The second-order valence-corrected chi connectivity index (χ2v) is 7.15. The molecule has 0 spiro atoms. The van der Waals surface area contributed by atoms with Crippen molar-refractivity contribution in [3.8, 4) is 11.5 Å². The number of anilines is 1. The van der Waals surface area contributed by atoms with Crippen LogP contribution < -0.4 is 20.1 Å². The van der Waals surface area contributed by atoms with Crippen LogP contribution >= 0.6 is 23.2 Å². The Balaban J connectivity index is 2.10. The molecule has 0 unspecified atom stereocenters. The Hall–Kier alpha value is -2.02. The molecule has 0 atom stereocenters. The van der Waals surface area contributed by atoms with Gasteiger partial charge in [0.05, 0.1) is 31.5 Å². The molecular formula is C19H21Cl2FN2O3. The number of ether oxygens (including phenoxy) is 2. The molecule has 0 bridgehead atoms. The van der Waals surface area contributed by atoms with Gasteiger partial charge in [0.1, 0.15) is 17.3 Å². The van der Waals surface area contributed by atoms with Crippen LogP contribution in [0.5, 0.6) is 11.5 Å². The summed E-state index contributed by atoms with van der Waals surface area (Å²) in [5.74, 6) is 0.110. The van der Waals surface area contributed by atoms with Crippen LogP contribution in [0, 0.1) is 5.82 Å². The van der Waals surface area contributed by atoms with Crippen molar-refractivity contribution >= 4 is 34.8 Å². The van der Waals surface area contributed by atoms with Gasteiger partial charge >= 0.3 is 0 Å². The average molecular weight is 415 g/mol. The summed E-state index contributed by atoms with van der Waals surface area (Å²) in [4.78, 5) is 12.4. The molecule has 146 valence electrons. The molecule has 0 aromatic heterocycles. The lowest BCUT2D eigenvalue weighted by Crippen LogP contribution is -2.41. The van der Waals surface area contributed by atoms with E-state index in [-0.39, 0.29) is 17.5 Å². The van der Waals surface area contributed by atoms with E-state index in [0.29, 0.717) is 27.8 Å². The largest absolute Gasteiger partial charge is 0.495 e. The molecule has 5 nitrogen and oxygen atoms in total. The average Bonchev–Trinajstić information content (AvgIpc) is 2.60. The van der Waals surface area contributed by atoms with Gasteiger partial charge in [0.2, 0.25) is 5.91 Å². The van der Waals surface area contributed by atoms with Crippen LogP contribution in [-0.2, 0) is 10.3 Å². The van der Waals surface area contributed by atoms with Crippen molar-refractivity contribution in [1.29, 1.82) is 0 Å². The van der Waals surface area contributed by atoms with Crippen LogP contribution in [0.1, 0.15) is 19.4 Å². The molecule has 0 heterocycles. The van der Waals surface area contributed by atoms with E-state index in [2.05, 4.69) is 10.6 Å². The number of rotatable bonds is 7. The number of carbonyl (C=O) groups excluding carboxylic acids is 1. The van der Waals surface area contributed by atoms with Gasteiger partial charge < -0.3 is 14.8 Å². The summed E-state index contributed by atoms with van der Waals surface area (Å²) in [6.45, 7) is 3.70. The van der Waals surface area contributed by atoms with Crippen molar-refractivity contribution in [3.05, 3.63) is 51.8 Å². The summed E-state index contributed by atoms with van der Waals surface area (Å²) in [5.41, 5.74) is 0.469. The number of benzene rings is 2. The van der Waals surface area contributed by atoms with Crippen molar-refractivity contribution < 1.29 is 18.7 Å². The molecule has 1 amide bonds. The lowest BCUT2D eigenvalue weighted by molar-refractivity contribution is -0.115. The number of amides is 1. The number of hydrogen-bond donors (Lipinski definition) is 2. The molecule has 0 saturated carbocycles. The monoisotopic (exact) mass is 414 g/mol. The van der Waals surface area contributed by atoms with E-state index in [1.807, 2.05) is 13.8 Å². The number of halogens is 3. The van der Waals surface area contributed by atoms with Crippen molar-refractivity contribution in [3.63, 3.8) is 0 Å². The first-order chi connectivity index (χ1) is 12.7. The summed E-state index contributed by atoms with van der Waals surface area (Å²) in [5, 5.41) is 6.53. The third kappa shape index (κ3) is 5.25. The first-order valence-corrected chi connectivity index (χ1v) is 8.85. The second kappa shape index (κ2) is 8.78. The summed E-state index contributed by atoms with van der Waals surface area (Å²) < 4.78 is 23.7. The van der Waals surface area contributed by atoms with Crippen molar-refractivity contribution in [2.45, 2.75) is 19.4 Å². The van der Waals surface area contributed by atoms with E-state index >= 15 is 0 Å². The lowest BCUT2D eigenvalue weighted by atomic mass is 9.94. The normalized spacial score (nSPS) is 11.2. The third-order valence-corrected chi connectivity index (χ3v) is 4.65. The minimum Gasteiger partial charge on any atom is -0.495 e. The molecule has 2 aromatic carbocycles. The molecule has 0 aliphatic heterocycles. The first kappa shape index (κ1) is 21.3. The standard InChI is InChI=1S/C19H21Cl2FN2O3/c1-19(2,12-6-5-11(22)7-13(12)20)23-10-18(25)24-15-9-16(26-3)14(21)8-17(15)27-4/h5-9,23H,10H2,1-4H3,(H,24,25). The van der Waals surface area contributed by atoms with E-state index in [0.717, 1.165) is 0 Å². The van der Waals surface area contributed by atoms with E-state index in [4.69, 9.17) is 32.7 Å². The highest BCUT2D eigenvalue weighted by Gasteiger charge is 2.24. The molecule has 8 heteroatoms. The molecule has 27 heavy (non-hydrogen) atoms. The zero-order valence-electron chi connectivity index (χ0n) is 15.5. The van der Waals surface area contributed by atoms with Gasteiger partial charge in [-0.1, -0.05) is 29.3 Å². The molecular weight excluding hydrogens is 394 g/mol. The van der Waals surface area contributed by atoms with E-state index in [9.17, 15) is 9.18 Å². The van der Waals surface area contributed by atoms with Crippen molar-refractivity contribution in [1.82, 2.24) is 5.32 Å². The van der Waals surface area contributed by atoms with Gasteiger partial charge in [0.15, 0.2) is 0 Å². The predicted octanol–water partition coefficient (Wildman–Crippen LogP) is 4.61. The van der Waals surface area contributed by atoms with E-state index in [1.165, 1.54) is 26.4 Å². The number of methoxy groups -OCH3 is 2. The van der Waals surface area contributed by atoms with Gasteiger partial charge in [-0.2, -0.15) is 0 Å². The van der Waals surface area contributed by atoms with Gasteiger partial charge in [0.25, 0.3) is 0 Å². The molecule has 0 aliphatic carbocycles. The highest BCUT2D eigenvalue weighted by atomic mass is 35.5. The number of carbonyl (C=O) groups is 1. The van der Waals surface area contributed by atoms with Crippen LogP contribution in [-0.4, -0.2) is 26.7 Å². The highest BCUT2D eigenvalue weighted by Crippen LogP contribution is 2.36. The molecule has 0 aliphatic rings. The van der Waals surface area contributed by atoms with Crippen LogP contribution in [0.4, 0.5) is 10.1 Å². The molecule has 2 rings (SSSR count). The van der Waals surface area contributed by atoms with Crippen LogP contribution in [0.3, 0.4) is 0 Å². The highest BCUT2D eigenvalue weighted by molar-refractivity contribution is 6.32. The quantitative estimate of drug-likeness (QED) is 0.693. The fourth-order valence-electron chi connectivity index (χ4n) is 2.55. The Morgan fingerprint density at radius 2 is 1.74 bits per heavy atom. The Bertz CT molecular complexity index is 844. The Morgan fingerprint density at radius 1 is 1.07 bits per heavy atom. The SMILES string of the molecule is COc1cc(NC(=O)CNC(C)(C)c2ccc(F)cc2Cl)c(OC)cc1Cl. The van der Waals surface area contributed by atoms with Crippen LogP contribution in [0.2, 0.25) is 10.0 Å². The molecule has 0 saturated heterocycles. The van der Waals surface area contributed by atoms with E-state index < -0.39 is 11.4 Å². The summed E-state index contributed by atoms with van der Waals surface area (Å²) in [7, 11) is 2.96. The zero-order valence-corrected chi connectivity index (χ0v) is 17.0. The maximum Gasteiger partial charge on any atom is 0.238 e. The van der Waals surface area contributed by atoms with Gasteiger partial charge in [0, 0.05) is 22.7 Å². The number of nitrogens with one attached hydrogen (secondary N) is 2. The topological polar surface area (TPSA) is 59.6 Å². The fourth-order valence-corrected chi connectivity index (χ4v) is 3.18. The third-order valence-electron chi connectivity index (χ3n) is 4.04. The maximum absolute atomic E-state index is 13.3. The zero-order chi connectivity index (χ0) is 20.2. The van der Waals surface area contributed by atoms with Crippen LogP contribution in [0.25, 0.3) is 0 Å². The number of hydrogen-bond acceptors (Lipinski definition) is 4. The van der Waals surface area contributed by atoms with Gasteiger partial charge in [-0.25, -0.2) is 4.39 Å². The molecule has 2 N–H and O–H groups in total. The second-order valence-electron chi connectivity index (χ2n) is 6.34. The minimum absolute atomic E-state index is 0.00516. The van der Waals surface area contributed by atoms with Crippen molar-refractivity contribution in [2.24, 2.45) is 0 Å². The maximum atomic E-state index is 13.3. The van der Waals surface area contributed by atoms with Gasteiger partial charge in [-0.15, -0.1) is 0 Å². The predicted molar refractivity (Wildman–Crippen MR) is 106 cm³/mol.